The first kappa shape index (κ1) is 14.1. The van der Waals surface area contributed by atoms with Gasteiger partial charge in [0.05, 0.1) is 18.8 Å². The van der Waals surface area contributed by atoms with Gasteiger partial charge in [-0.3, -0.25) is 4.79 Å². The Morgan fingerprint density at radius 3 is 3.00 bits per heavy atom. The predicted octanol–water partition coefficient (Wildman–Crippen LogP) is 1.73. The third kappa shape index (κ3) is 3.56. The van der Waals surface area contributed by atoms with Crippen molar-refractivity contribution in [2.45, 2.75) is 58.7 Å². The Morgan fingerprint density at radius 2 is 2.37 bits per heavy atom. The quantitative estimate of drug-likeness (QED) is 0.880. The van der Waals surface area contributed by atoms with Crippen molar-refractivity contribution in [3.05, 3.63) is 17.8 Å². The summed E-state index contributed by atoms with van der Waals surface area (Å²) < 4.78 is 5.57. The lowest BCUT2D eigenvalue weighted by molar-refractivity contribution is -0.137. The topological polar surface area (TPSA) is 58.4 Å². The van der Waals surface area contributed by atoms with Crippen LogP contribution in [0.2, 0.25) is 0 Å². The van der Waals surface area contributed by atoms with Crippen molar-refractivity contribution in [3.8, 4) is 0 Å². The maximum atomic E-state index is 12.3. The lowest BCUT2D eigenvalue weighted by atomic mass is 10.0. The fourth-order valence-corrected chi connectivity index (χ4v) is 2.40. The summed E-state index contributed by atoms with van der Waals surface area (Å²) in [4.78, 5) is 18.4. The highest BCUT2D eigenvalue weighted by Gasteiger charge is 2.29. The monoisotopic (exact) mass is 265 g/mol. The van der Waals surface area contributed by atoms with E-state index in [-0.39, 0.29) is 11.9 Å². The van der Waals surface area contributed by atoms with Gasteiger partial charge in [-0.05, 0) is 12.8 Å². The fraction of sp³-hybridized carbons (Fsp3) is 0.714. The standard InChI is InChI=1S/C14H23N3O2/c1-4-11-8-15-13(19-11)9-17-7-5-6-12(14(17)18)16-10(2)3/h8,10,12,16H,4-7,9H2,1-3H3. The smallest absolute Gasteiger partial charge is 0.240 e. The number of likely N-dealkylation sites (tertiary alicyclic amines) is 1. The molecule has 2 heterocycles. The van der Waals surface area contributed by atoms with Gasteiger partial charge in [0.1, 0.15) is 5.76 Å². The molecule has 1 atom stereocenters. The third-order valence-corrected chi connectivity index (χ3v) is 3.34. The second-order valence-corrected chi connectivity index (χ2v) is 5.35. The lowest BCUT2D eigenvalue weighted by Crippen LogP contribution is -2.52. The molecule has 1 aliphatic heterocycles. The molecule has 1 fully saturated rings. The minimum absolute atomic E-state index is 0.0608. The van der Waals surface area contributed by atoms with Gasteiger partial charge >= 0.3 is 0 Å². The van der Waals surface area contributed by atoms with Crippen LogP contribution < -0.4 is 5.32 Å². The van der Waals surface area contributed by atoms with Crippen molar-refractivity contribution in [3.63, 3.8) is 0 Å². The van der Waals surface area contributed by atoms with Crippen molar-refractivity contribution in [1.29, 1.82) is 0 Å². The van der Waals surface area contributed by atoms with Crippen LogP contribution in [0.25, 0.3) is 0 Å². The molecular formula is C14H23N3O2. The van der Waals surface area contributed by atoms with E-state index in [0.29, 0.717) is 18.5 Å². The normalized spacial score (nSPS) is 20.3. The van der Waals surface area contributed by atoms with Gasteiger partial charge in [-0.1, -0.05) is 20.8 Å². The fourth-order valence-electron chi connectivity index (χ4n) is 2.40. The van der Waals surface area contributed by atoms with Crippen LogP contribution in [0.1, 0.15) is 45.3 Å². The summed E-state index contributed by atoms with van der Waals surface area (Å²) in [5.41, 5.74) is 0. The van der Waals surface area contributed by atoms with Crippen LogP contribution in [0.4, 0.5) is 0 Å². The molecular weight excluding hydrogens is 242 g/mol. The molecule has 1 N–H and O–H groups in total. The van der Waals surface area contributed by atoms with Crippen molar-refractivity contribution in [2.24, 2.45) is 0 Å². The Bertz CT molecular complexity index is 428. The largest absolute Gasteiger partial charge is 0.444 e. The number of aromatic nitrogens is 1. The Labute approximate surface area is 114 Å². The first-order valence-electron chi connectivity index (χ1n) is 7.08. The molecule has 0 aliphatic carbocycles. The molecule has 106 valence electrons. The van der Waals surface area contributed by atoms with Gasteiger partial charge in [-0.2, -0.15) is 0 Å². The Hall–Kier alpha value is -1.36. The molecule has 0 saturated carbocycles. The summed E-state index contributed by atoms with van der Waals surface area (Å²) >= 11 is 0. The SMILES string of the molecule is CCc1cnc(CN2CCCC(NC(C)C)C2=O)o1. The molecule has 2 rings (SSSR count). The van der Waals surface area contributed by atoms with Crippen LogP contribution >= 0.6 is 0 Å². The van der Waals surface area contributed by atoms with Gasteiger partial charge in [0, 0.05) is 19.0 Å². The van der Waals surface area contributed by atoms with E-state index in [1.165, 1.54) is 0 Å². The van der Waals surface area contributed by atoms with Crippen LogP contribution in [0, 0.1) is 0 Å². The van der Waals surface area contributed by atoms with E-state index in [1.54, 1.807) is 6.20 Å². The zero-order valence-electron chi connectivity index (χ0n) is 12.0. The first-order chi connectivity index (χ1) is 9.10. The summed E-state index contributed by atoms with van der Waals surface area (Å²) in [5.74, 6) is 1.67. The van der Waals surface area contributed by atoms with E-state index in [4.69, 9.17) is 4.42 Å². The number of aryl methyl sites for hydroxylation is 1. The molecule has 19 heavy (non-hydrogen) atoms. The van der Waals surface area contributed by atoms with Crippen LogP contribution in [-0.4, -0.2) is 34.4 Å². The minimum Gasteiger partial charge on any atom is -0.444 e. The van der Waals surface area contributed by atoms with Gasteiger partial charge in [-0.15, -0.1) is 0 Å². The van der Waals surface area contributed by atoms with Crippen LogP contribution in [-0.2, 0) is 17.8 Å². The molecule has 0 aromatic carbocycles. The maximum absolute atomic E-state index is 12.3. The number of piperidine rings is 1. The average Bonchev–Trinajstić information content (AvgIpc) is 2.81. The van der Waals surface area contributed by atoms with Gasteiger partial charge in [0.2, 0.25) is 11.8 Å². The number of oxazole rings is 1. The van der Waals surface area contributed by atoms with Gasteiger partial charge in [-0.25, -0.2) is 4.98 Å². The molecule has 0 spiro atoms. The second kappa shape index (κ2) is 6.19. The van der Waals surface area contributed by atoms with Crippen molar-refractivity contribution in [1.82, 2.24) is 15.2 Å². The molecule has 1 unspecified atom stereocenters. The molecule has 1 saturated heterocycles. The van der Waals surface area contributed by atoms with Crippen LogP contribution in [0.3, 0.4) is 0 Å². The summed E-state index contributed by atoms with van der Waals surface area (Å²) in [7, 11) is 0. The van der Waals surface area contributed by atoms with E-state index in [2.05, 4.69) is 24.1 Å². The van der Waals surface area contributed by atoms with E-state index in [1.807, 2.05) is 11.8 Å². The predicted molar refractivity (Wildman–Crippen MR) is 72.6 cm³/mol. The highest BCUT2D eigenvalue weighted by molar-refractivity contribution is 5.82. The molecule has 1 aromatic heterocycles. The van der Waals surface area contributed by atoms with Crippen LogP contribution in [0.15, 0.2) is 10.6 Å². The number of rotatable bonds is 5. The first-order valence-corrected chi connectivity index (χ1v) is 7.08. The molecule has 1 amide bonds. The highest BCUT2D eigenvalue weighted by Crippen LogP contribution is 2.16. The zero-order valence-corrected chi connectivity index (χ0v) is 12.0. The number of carbonyl (C=O) groups is 1. The number of carbonyl (C=O) groups excluding carboxylic acids is 1. The molecule has 5 heteroatoms. The molecule has 5 nitrogen and oxygen atoms in total. The molecule has 0 radical (unpaired) electrons. The van der Waals surface area contributed by atoms with E-state index >= 15 is 0 Å². The van der Waals surface area contributed by atoms with Gasteiger partial charge < -0.3 is 14.6 Å². The summed E-state index contributed by atoms with van der Waals surface area (Å²) in [6.45, 7) is 7.43. The molecule has 1 aromatic rings. The Morgan fingerprint density at radius 1 is 1.58 bits per heavy atom. The summed E-state index contributed by atoms with van der Waals surface area (Å²) in [6.07, 6.45) is 4.52. The molecule has 0 bridgehead atoms. The van der Waals surface area contributed by atoms with Crippen LogP contribution in [0.5, 0.6) is 0 Å². The average molecular weight is 265 g/mol. The highest BCUT2D eigenvalue weighted by atomic mass is 16.4. The van der Waals surface area contributed by atoms with Crippen molar-refractivity contribution in [2.75, 3.05) is 6.54 Å². The zero-order chi connectivity index (χ0) is 13.8. The van der Waals surface area contributed by atoms with Crippen molar-refractivity contribution < 1.29 is 9.21 Å². The van der Waals surface area contributed by atoms with Gasteiger partial charge in [0.15, 0.2) is 0 Å². The Kier molecular flexibility index (Phi) is 4.58. The minimum atomic E-state index is -0.0608. The van der Waals surface area contributed by atoms with Crippen molar-refractivity contribution >= 4 is 5.91 Å². The molecule has 1 aliphatic rings. The van der Waals surface area contributed by atoms with E-state index in [0.717, 1.165) is 31.6 Å². The number of hydrogen-bond donors (Lipinski definition) is 1. The summed E-state index contributed by atoms with van der Waals surface area (Å²) in [5, 5.41) is 3.32. The number of nitrogens with one attached hydrogen (secondary N) is 1. The number of hydrogen-bond acceptors (Lipinski definition) is 4. The van der Waals surface area contributed by atoms with E-state index < -0.39 is 0 Å². The number of amides is 1. The lowest BCUT2D eigenvalue weighted by Gasteiger charge is -2.32. The number of nitrogens with zero attached hydrogens (tertiary/aromatic N) is 2. The van der Waals surface area contributed by atoms with E-state index in [9.17, 15) is 4.79 Å². The maximum Gasteiger partial charge on any atom is 0.240 e. The Balaban J connectivity index is 1.97. The second-order valence-electron chi connectivity index (χ2n) is 5.35. The summed E-state index contributed by atoms with van der Waals surface area (Å²) in [6, 6.07) is 0.261. The van der Waals surface area contributed by atoms with Gasteiger partial charge in [0.25, 0.3) is 0 Å². The third-order valence-electron chi connectivity index (χ3n) is 3.34.